The lowest BCUT2D eigenvalue weighted by atomic mass is 10.1. The molecule has 3 aromatic rings. The third kappa shape index (κ3) is 1.54. The first-order valence-electron chi connectivity index (χ1n) is 5.45. The van der Waals surface area contributed by atoms with Gasteiger partial charge in [-0.05, 0) is 0 Å². The van der Waals surface area contributed by atoms with E-state index in [2.05, 4.69) is 5.10 Å². The molecule has 19 heavy (non-hydrogen) atoms. The zero-order valence-electron chi connectivity index (χ0n) is 9.57. The third-order valence-electron chi connectivity index (χ3n) is 2.97. The molecule has 0 aliphatic heterocycles. The summed E-state index contributed by atoms with van der Waals surface area (Å²) in [7, 11) is 0. The van der Waals surface area contributed by atoms with E-state index >= 15 is 0 Å². The predicted molar refractivity (Wildman–Crippen MR) is 66.6 cm³/mol. The van der Waals surface area contributed by atoms with Crippen molar-refractivity contribution in [2.24, 2.45) is 0 Å². The predicted octanol–water partition coefficient (Wildman–Crippen LogP) is 1.88. The molecule has 3 rings (SSSR count). The lowest BCUT2D eigenvalue weighted by Crippen LogP contribution is -2.05. The summed E-state index contributed by atoms with van der Waals surface area (Å²) in [5.74, 6) is -2.56. The zero-order valence-corrected chi connectivity index (χ0v) is 9.57. The van der Waals surface area contributed by atoms with Crippen LogP contribution in [0.3, 0.4) is 0 Å². The highest BCUT2D eigenvalue weighted by Crippen LogP contribution is 2.25. The van der Waals surface area contributed by atoms with E-state index in [0.717, 1.165) is 5.39 Å². The Kier molecular flexibility index (Phi) is 2.25. The van der Waals surface area contributed by atoms with Crippen LogP contribution >= 0.6 is 0 Å². The molecule has 0 radical (unpaired) electrons. The number of carboxylic acids is 2. The molecule has 6 heteroatoms. The van der Waals surface area contributed by atoms with Crippen LogP contribution < -0.4 is 0 Å². The Morgan fingerprint density at radius 2 is 1.84 bits per heavy atom. The average Bonchev–Trinajstić information content (AvgIpc) is 2.78. The van der Waals surface area contributed by atoms with Crippen LogP contribution in [-0.2, 0) is 0 Å². The van der Waals surface area contributed by atoms with E-state index in [9.17, 15) is 14.7 Å². The fourth-order valence-electron chi connectivity index (χ4n) is 2.17. The lowest BCUT2D eigenvalue weighted by Gasteiger charge is -2.01. The number of aromatic nitrogens is 2. The second-order valence-corrected chi connectivity index (χ2v) is 4.05. The summed E-state index contributed by atoms with van der Waals surface area (Å²) in [5, 5.41) is 23.8. The zero-order chi connectivity index (χ0) is 13.6. The molecule has 6 nitrogen and oxygen atoms in total. The summed E-state index contributed by atoms with van der Waals surface area (Å²) in [5.41, 5.74) is -0.212. The largest absolute Gasteiger partial charge is 0.478 e. The van der Waals surface area contributed by atoms with Crippen molar-refractivity contribution in [1.82, 2.24) is 9.61 Å². The summed E-state index contributed by atoms with van der Waals surface area (Å²) >= 11 is 0. The number of hydrogen-bond donors (Lipinski definition) is 2. The van der Waals surface area contributed by atoms with Gasteiger partial charge in [-0.15, -0.1) is 0 Å². The minimum absolute atomic E-state index is 0.239. The van der Waals surface area contributed by atoms with E-state index < -0.39 is 11.9 Å². The first kappa shape index (κ1) is 11.2. The SMILES string of the molecule is O=C(O)c1cn2ncc3ccccc3c2c1C(=O)O. The molecule has 0 atom stereocenters. The van der Waals surface area contributed by atoms with E-state index in [4.69, 9.17) is 5.11 Å². The molecule has 0 saturated heterocycles. The summed E-state index contributed by atoms with van der Waals surface area (Å²) in [4.78, 5) is 22.5. The molecular formula is C13H8N2O4. The van der Waals surface area contributed by atoms with Crippen molar-refractivity contribution < 1.29 is 19.8 Å². The maximum absolute atomic E-state index is 11.3. The number of benzene rings is 1. The summed E-state index contributed by atoms with van der Waals surface area (Å²) < 4.78 is 1.29. The second-order valence-electron chi connectivity index (χ2n) is 4.05. The molecule has 94 valence electrons. The average molecular weight is 256 g/mol. The van der Waals surface area contributed by atoms with E-state index in [0.29, 0.717) is 10.9 Å². The van der Waals surface area contributed by atoms with Crippen molar-refractivity contribution in [2.75, 3.05) is 0 Å². The van der Waals surface area contributed by atoms with Crippen LogP contribution in [0.5, 0.6) is 0 Å². The number of carboxylic acid groups (broad SMARTS) is 2. The van der Waals surface area contributed by atoms with Crippen LogP contribution in [0, 0.1) is 0 Å². The Morgan fingerprint density at radius 1 is 1.11 bits per heavy atom. The molecule has 1 aromatic carbocycles. The third-order valence-corrected chi connectivity index (χ3v) is 2.97. The maximum Gasteiger partial charge on any atom is 0.338 e. The van der Waals surface area contributed by atoms with Crippen LogP contribution in [-0.4, -0.2) is 31.8 Å². The lowest BCUT2D eigenvalue weighted by molar-refractivity contribution is 0.0654. The first-order chi connectivity index (χ1) is 9.09. The number of rotatable bonds is 2. The number of aromatic carboxylic acids is 2. The molecular weight excluding hydrogens is 248 g/mol. The highest BCUT2D eigenvalue weighted by molar-refractivity contribution is 6.13. The van der Waals surface area contributed by atoms with Gasteiger partial charge < -0.3 is 10.2 Å². The Balaban J connectivity index is 2.57. The van der Waals surface area contributed by atoms with Crippen LogP contribution in [0.4, 0.5) is 0 Å². The van der Waals surface area contributed by atoms with Crippen LogP contribution in [0.1, 0.15) is 20.7 Å². The molecule has 0 spiro atoms. The molecule has 0 saturated carbocycles. The van der Waals surface area contributed by atoms with E-state index in [1.807, 2.05) is 6.07 Å². The van der Waals surface area contributed by atoms with Crippen molar-refractivity contribution in [3.05, 3.63) is 47.8 Å². The first-order valence-corrected chi connectivity index (χ1v) is 5.45. The van der Waals surface area contributed by atoms with Crippen molar-refractivity contribution in [3.63, 3.8) is 0 Å². The normalized spacial score (nSPS) is 10.9. The Bertz CT molecular complexity index is 835. The molecule has 0 aliphatic rings. The van der Waals surface area contributed by atoms with Gasteiger partial charge in [-0.3, -0.25) is 0 Å². The maximum atomic E-state index is 11.3. The van der Waals surface area contributed by atoms with Gasteiger partial charge >= 0.3 is 11.9 Å². The van der Waals surface area contributed by atoms with Gasteiger partial charge in [0.15, 0.2) is 0 Å². The summed E-state index contributed by atoms with van der Waals surface area (Å²) in [6.07, 6.45) is 2.78. The van der Waals surface area contributed by atoms with Gasteiger partial charge in [0.2, 0.25) is 0 Å². The highest BCUT2D eigenvalue weighted by Gasteiger charge is 2.23. The van der Waals surface area contributed by atoms with Crippen LogP contribution in [0.25, 0.3) is 16.3 Å². The summed E-state index contributed by atoms with van der Waals surface area (Å²) in [6, 6.07) is 7.11. The molecule has 0 unspecified atom stereocenters. The van der Waals surface area contributed by atoms with Crippen molar-refractivity contribution in [3.8, 4) is 0 Å². The number of hydrogen-bond acceptors (Lipinski definition) is 3. The number of fused-ring (bicyclic) bond motifs is 3. The van der Waals surface area contributed by atoms with Crippen LogP contribution in [0.2, 0.25) is 0 Å². The quantitative estimate of drug-likeness (QED) is 0.730. The monoisotopic (exact) mass is 256 g/mol. The number of carbonyl (C=O) groups is 2. The molecule has 0 aliphatic carbocycles. The molecule has 0 amide bonds. The van der Waals surface area contributed by atoms with Gasteiger partial charge in [0.25, 0.3) is 0 Å². The van der Waals surface area contributed by atoms with Gasteiger partial charge in [-0.25, -0.2) is 14.1 Å². The molecule has 0 bridgehead atoms. The van der Waals surface area contributed by atoms with Gasteiger partial charge in [0.05, 0.1) is 17.3 Å². The van der Waals surface area contributed by atoms with E-state index in [-0.39, 0.29) is 11.1 Å². The number of nitrogens with zero attached hydrogens (tertiary/aromatic N) is 2. The van der Waals surface area contributed by atoms with Crippen molar-refractivity contribution in [1.29, 1.82) is 0 Å². The van der Waals surface area contributed by atoms with Crippen molar-refractivity contribution >= 4 is 28.2 Å². The van der Waals surface area contributed by atoms with E-state index in [1.165, 1.54) is 10.7 Å². The minimum Gasteiger partial charge on any atom is -0.478 e. The highest BCUT2D eigenvalue weighted by atomic mass is 16.4. The molecule has 2 heterocycles. The van der Waals surface area contributed by atoms with Gasteiger partial charge in [-0.1, -0.05) is 24.3 Å². The molecule has 0 fully saturated rings. The van der Waals surface area contributed by atoms with Gasteiger partial charge in [0, 0.05) is 17.0 Å². The Hall–Kier alpha value is -2.89. The fourth-order valence-corrected chi connectivity index (χ4v) is 2.17. The standard InChI is InChI=1S/C13H8N2O4/c16-12(17)9-6-15-11(10(9)13(18)19)8-4-2-1-3-7(8)5-14-15/h1-6H,(H,16,17)(H,18,19). The fraction of sp³-hybridized carbons (Fsp3) is 0. The van der Waals surface area contributed by atoms with Gasteiger partial charge in [0.1, 0.15) is 5.56 Å². The topological polar surface area (TPSA) is 91.9 Å². The Morgan fingerprint density at radius 3 is 2.53 bits per heavy atom. The van der Waals surface area contributed by atoms with E-state index in [1.54, 1.807) is 24.4 Å². The van der Waals surface area contributed by atoms with Crippen LogP contribution in [0.15, 0.2) is 36.7 Å². The molecule has 2 aromatic heterocycles. The second kappa shape index (κ2) is 3.81. The van der Waals surface area contributed by atoms with Crippen molar-refractivity contribution in [2.45, 2.75) is 0 Å². The summed E-state index contributed by atoms with van der Waals surface area (Å²) in [6.45, 7) is 0. The smallest absolute Gasteiger partial charge is 0.338 e. The Labute approximate surface area is 106 Å². The minimum atomic E-state index is -1.29. The van der Waals surface area contributed by atoms with Gasteiger partial charge in [-0.2, -0.15) is 5.10 Å². The molecule has 2 N–H and O–H groups in total.